The van der Waals surface area contributed by atoms with Gasteiger partial charge in [0.1, 0.15) is 6.29 Å². The Morgan fingerprint density at radius 1 is 1.17 bits per heavy atom. The predicted octanol–water partition coefficient (Wildman–Crippen LogP) is 1.84. The van der Waals surface area contributed by atoms with Gasteiger partial charge in [0.15, 0.2) is 11.5 Å². The molecule has 5 heteroatoms. The summed E-state index contributed by atoms with van der Waals surface area (Å²) in [6.45, 7) is 1.29. The van der Waals surface area contributed by atoms with E-state index < -0.39 is 5.97 Å². The lowest BCUT2D eigenvalue weighted by Gasteiger charge is -2.13. The van der Waals surface area contributed by atoms with Gasteiger partial charge in [-0.15, -0.1) is 0 Å². The average Bonchev–Trinajstić information content (AvgIpc) is 2.36. The number of rotatable bonds is 5. The highest BCUT2D eigenvalue weighted by Crippen LogP contribution is 2.38. The Kier molecular flexibility index (Phi) is 4.92. The third kappa shape index (κ3) is 3.35. The van der Waals surface area contributed by atoms with E-state index in [1.807, 2.05) is 0 Å². The minimum Gasteiger partial charge on any atom is -0.493 e. The molecule has 96 valence electrons. The van der Waals surface area contributed by atoms with E-state index in [0.29, 0.717) is 23.3 Å². The number of ether oxygens (including phenoxy) is 3. The first kappa shape index (κ1) is 13.8. The van der Waals surface area contributed by atoms with E-state index in [1.54, 1.807) is 18.2 Å². The van der Waals surface area contributed by atoms with Crippen LogP contribution in [0.1, 0.15) is 12.5 Å². The second kappa shape index (κ2) is 6.44. The maximum atomic E-state index is 11.0. The molecule has 0 atom stereocenters. The van der Waals surface area contributed by atoms with Gasteiger partial charge in [0.2, 0.25) is 5.75 Å². The number of benzene rings is 1. The minimum absolute atomic E-state index is 0.218. The lowest BCUT2D eigenvalue weighted by molar-refractivity contribution is -0.132. The minimum atomic E-state index is -0.470. The van der Waals surface area contributed by atoms with Gasteiger partial charge in [-0.05, 0) is 23.8 Å². The van der Waals surface area contributed by atoms with Crippen LogP contribution < -0.4 is 14.2 Å². The highest BCUT2D eigenvalue weighted by molar-refractivity contribution is 5.76. The fraction of sp³-hybridized carbons (Fsp3) is 0.231. The summed E-state index contributed by atoms with van der Waals surface area (Å²) in [7, 11) is 2.91. The molecule has 0 aromatic heterocycles. The first-order valence-electron chi connectivity index (χ1n) is 5.18. The van der Waals surface area contributed by atoms with Crippen molar-refractivity contribution in [1.29, 1.82) is 0 Å². The molecule has 0 amide bonds. The first-order chi connectivity index (χ1) is 8.62. The molecule has 0 aliphatic heterocycles. The number of hydrogen-bond donors (Lipinski definition) is 0. The molecule has 1 aromatic carbocycles. The summed E-state index contributed by atoms with van der Waals surface area (Å²) >= 11 is 0. The van der Waals surface area contributed by atoms with Crippen LogP contribution >= 0.6 is 0 Å². The molecule has 0 heterocycles. The normalized spacial score (nSPS) is 10.2. The van der Waals surface area contributed by atoms with Crippen LogP contribution in [-0.4, -0.2) is 26.5 Å². The fourth-order valence-electron chi connectivity index (χ4n) is 1.39. The van der Waals surface area contributed by atoms with Gasteiger partial charge in [0, 0.05) is 6.92 Å². The Balaban J connectivity index is 3.28. The second-order valence-electron chi connectivity index (χ2n) is 3.34. The third-order valence-electron chi connectivity index (χ3n) is 2.10. The Morgan fingerprint density at radius 3 is 2.11 bits per heavy atom. The molecule has 0 spiro atoms. The zero-order valence-electron chi connectivity index (χ0n) is 10.4. The van der Waals surface area contributed by atoms with Gasteiger partial charge in [-0.3, -0.25) is 9.59 Å². The van der Waals surface area contributed by atoms with Gasteiger partial charge < -0.3 is 14.2 Å². The average molecular weight is 250 g/mol. The van der Waals surface area contributed by atoms with Crippen LogP contribution in [0.4, 0.5) is 0 Å². The van der Waals surface area contributed by atoms with E-state index >= 15 is 0 Å². The molecule has 0 saturated heterocycles. The molecule has 0 bridgehead atoms. The number of hydrogen-bond acceptors (Lipinski definition) is 5. The van der Waals surface area contributed by atoms with Crippen molar-refractivity contribution in [2.45, 2.75) is 6.92 Å². The van der Waals surface area contributed by atoms with Crippen molar-refractivity contribution in [3.8, 4) is 17.2 Å². The number of carbonyl (C=O) groups is 2. The van der Waals surface area contributed by atoms with Crippen molar-refractivity contribution in [2.75, 3.05) is 14.2 Å². The Labute approximate surface area is 105 Å². The van der Waals surface area contributed by atoms with Crippen LogP contribution in [0.15, 0.2) is 18.2 Å². The van der Waals surface area contributed by atoms with Gasteiger partial charge in [-0.2, -0.15) is 0 Å². The SMILES string of the molecule is COc1cc(/C=C/C=O)cc(OC)c1OC(C)=O. The molecular formula is C13H14O5. The van der Waals surface area contributed by atoms with Crippen molar-refractivity contribution >= 4 is 18.3 Å². The lowest BCUT2D eigenvalue weighted by atomic mass is 10.1. The maximum absolute atomic E-state index is 11.0. The molecule has 0 N–H and O–H groups in total. The fourth-order valence-corrected chi connectivity index (χ4v) is 1.39. The van der Waals surface area contributed by atoms with Crippen LogP contribution in [0.3, 0.4) is 0 Å². The smallest absolute Gasteiger partial charge is 0.308 e. The molecular weight excluding hydrogens is 236 g/mol. The highest BCUT2D eigenvalue weighted by atomic mass is 16.6. The largest absolute Gasteiger partial charge is 0.493 e. The van der Waals surface area contributed by atoms with Gasteiger partial charge in [-0.1, -0.05) is 6.08 Å². The zero-order valence-corrected chi connectivity index (χ0v) is 10.4. The van der Waals surface area contributed by atoms with E-state index in [2.05, 4.69) is 0 Å². The van der Waals surface area contributed by atoms with Crippen molar-refractivity contribution in [3.63, 3.8) is 0 Å². The van der Waals surface area contributed by atoms with Crippen LogP contribution in [-0.2, 0) is 9.59 Å². The van der Waals surface area contributed by atoms with Gasteiger partial charge in [0.25, 0.3) is 0 Å². The third-order valence-corrected chi connectivity index (χ3v) is 2.10. The topological polar surface area (TPSA) is 61.8 Å². The first-order valence-corrected chi connectivity index (χ1v) is 5.18. The van der Waals surface area contributed by atoms with E-state index in [9.17, 15) is 9.59 Å². The van der Waals surface area contributed by atoms with Crippen molar-refractivity contribution < 1.29 is 23.8 Å². The Morgan fingerprint density at radius 2 is 1.72 bits per heavy atom. The van der Waals surface area contributed by atoms with Crippen molar-refractivity contribution in [1.82, 2.24) is 0 Å². The Hall–Kier alpha value is -2.30. The second-order valence-corrected chi connectivity index (χ2v) is 3.34. The van der Waals surface area contributed by atoms with Crippen LogP contribution in [0.2, 0.25) is 0 Å². The summed E-state index contributed by atoms with van der Waals surface area (Å²) in [6.07, 6.45) is 3.61. The molecule has 18 heavy (non-hydrogen) atoms. The van der Waals surface area contributed by atoms with E-state index in [1.165, 1.54) is 27.2 Å². The van der Waals surface area contributed by atoms with Crippen molar-refractivity contribution in [3.05, 3.63) is 23.8 Å². The number of carbonyl (C=O) groups excluding carboxylic acids is 2. The van der Waals surface area contributed by atoms with E-state index in [0.717, 1.165) is 0 Å². The number of aldehydes is 1. The number of esters is 1. The van der Waals surface area contributed by atoms with Crippen LogP contribution in [0.5, 0.6) is 17.2 Å². The summed E-state index contributed by atoms with van der Waals surface area (Å²) in [5.41, 5.74) is 0.701. The van der Waals surface area contributed by atoms with Crippen LogP contribution in [0, 0.1) is 0 Å². The molecule has 5 nitrogen and oxygen atoms in total. The summed E-state index contributed by atoms with van der Waals surface area (Å²) in [5.74, 6) is 0.462. The molecule has 0 unspecified atom stereocenters. The van der Waals surface area contributed by atoms with E-state index in [4.69, 9.17) is 14.2 Å². The molecule has 0 radical (unpaired) electrons. The molecule has 0 fully saturated rings. The zero-order chi connectivity index (χ0) is 13.5. The predicted molar refractivity (Wildman–Crippen MR) is 66.0 cm³/mol. The lowest BCUT2D eigenvalue weighted by Crippen LogP contribution is -2.05. The summed E-state index contributed by atoms with van der Waals surface area (Å²) in [5, 5.41) is 0. The molecule has 1 aromatic rings. The summed E-state index contributed by atoms with van der Waals surface area (Å²) in [6, 6.07) is 3.28. The number of methoxy groups -OCH3 is 2. The summed E-state index contributed by atoms with van der Waals surface area (Å²) in [4.78, 5) is 21.3. The molecule has 1 rings (SSSR count). The summed E-state index contributed by atoms with van der Waals surface area (Å²) < 4.78 is 15.3. The van der Waals surface area contributed by atoms with Crippen LogP contribution in [0.25, 0.3) is 6.08 Å². The van der Waals surface area contributed by atoms with Gasteiger partial charge in [-0.25, -0.2) is 0 Å². The highest BCUT2D eigenvalue weighted by Gasteiger charge is 2.15. The monoisotopic (exact) mass is 250 g/mol. The molecule has 0 aliphatic rings. The molecule has 0 saturated carbocycles. The van der Waals surface area contributed by atoms with Crippen molar-refractivity contribution in [2.24, 2.45) is 0 Å². The Bertz CT molecular complexity index is 451. The van der Waals surface area contributed by atoms with E-state index in [-0.39, 0.29) is 5.75 Å². The number of allylic oxidation sites excluding steroid dienone is 1. The maximum Gasteiger partial charge on any atom is 0.308 e. The quantitative estimate of drug-likeness (QED) is 0.345. The van der Waals surface area contributed by atoms with Gasteiger partial charge >= 0.3 is 5.97 Å². The molecule has 0 aliphatic carbocycles. The standard InChI is InChI=1S/C13H14O5/c1-9(15)18-13-11(16-2)7-10(5-4-6-14)8-12(13)17-3/h4-8H,1-3H3/b5-4+. The van der Waals surface area contributed by atoms with Gasteiger partial charge in [0.05, 0.1) is 14.2 Å².